The van der Waals surface area contributed by atoms with Crippen molar-refractivity contribution in [2.75, 3.05) is 0 Å². The van der Waals surface area contributed by atoms with E-state index in [2.05, 4.69) is 15.6 Å². The highest BCUT2D eigenvalue weighted by Crippen LogP contribution is 2.18. The van der Waals surface area contributed by atoms with Crippen molar-refractivity contribution >= 4 is 28.7 Å². The summed E-state index contributed by atoms with van der Waals surface area (Å²) in [4.78, 5) is 40.2. The molecule has 1 heterocycles. The quantitative estimate of drug-likeness (QED) is 0.266. The summed E-state index contributed by atoms with van der Waals surface area (Å²) in [5, 5.41) is 25.4. The number of para-hydroxylation sites is 1. The third kappa shape index (κ3) is 6.18. The number of H-pyrrole nitrogens is 1. The molecule has 9 heteroatoms. The number of fused-ring (bicyclic) bond motifs is 1. The Morgan fingerprint density at radius 3 is 2.30 bits per heavy atom. The van der Waals surface area contributed by atoms with Crippen LogP contribution in [0.25, 0.3) is 10.9 Å². The molecule has 2 aromatic carbocycles. The number of carboxylic acid groups (broad SMARTS) is 1. The number of rotatable bonds is 10. The first-order valence-electron chi connectivity index (χ1n) is 10.6. The Kier molecular flexibility index (Phi) is 7.81. The van der Waals surface area contributed by atoms with E-state index in [4.69, 9.17) is 5.73 Å². The van der Waals surface area contributed by atoms with Gasteiger partial charge in [0.2, 0.25) is 11.8 Å². The highest BCUT2D eigenvalue weighted by molar-refractivity contribution is 5.92. The Labute approximate surface area is 191 Å². The van der Waals surface area contributed by atoms with Crippen LogP contribution in [0.15, 0.2) is 60.8 Å². The zero-order chi connectivity index (χ0) is 24.0. The van der Waals surface area contributed by atoms with Gasteiger partial charge < -0.3 is 31.6 Å². The molecule has 9 nitrogen and oxygen atoms in total. The zero-order valence-corrected chi connectivity index (χ0v) is 18.2. The van der Waals surface area contributed by atoms with Crippen molar-refractivity contribution < 1.29 is 24.6 Å². The van der Waals surface area contributed by atoms with Gasteiger partial charge in [0.15, 0.2) is 0 Å². The fourth-order valence-corrected chi connectivity index (χ4v) is 3.61. The normalized spacial score (nSPS) is 14.8. The van der Waals surface area contributed by atoms with Gasteiger partial charge in [-0.3, -0.25) is 9.59 Å². The molecule has 33 heavy (non-hydrogen) atoms. The molecular formula is C24H28N4O5. The Bertz CT molecular complexity index is 1110. The van der Waals surface area contributed by atoms with Gasteiger partial charge in [0.25, 0.3) is 0 Å². The number of carboxylic acids is 1. The Balaban J connectivity index is 1.65. The number of aromatic amines is 1. The number of benzene rings is 2. The minimum absolute atomic E-state index is 0.0580. The number of carbonyl (C=O) groups excluding carboxylic acids is 2. The number of aliphatic carboxylic acids is 1. The van der Waals surface area contributed by atoms with E-state index in [9.17, 15) is 24.6 Å². The van der Waals surface area contributed by atoms with E-state index in [1.807, 2.05) is 24.3 Å². The first kappa shape index (κ1) is 24.0. The van der Waals surface area contributed by atoms with Crippen LogP contribution in [0, 0.1) is 0 Å². The van der Waals surface area contributed by atoms with Crippen LogP contribution >= 0.6 is 0 Å². The Hall–Kier alpha value is -3.69. The lowest BCUT2D eigenvalue weighted by Crippen LogP contribution is -2.58. The summed E-state index contributed by atoms with van der Waals surface area (Å²) in [5.74, 6) is -2.66. The molecule has 0 saturated heterocycles. The summed E-state index contributed by atoms with van der Waals surface area (Å²) in [6.45, 7) is 1.34. The maximum Gasteiger partial charge on any atom is 0.326 e. The van der Waals surface area contributed by atoms with Crippen molar-refractivity contribution in [3.8, 4) is 0 Å². The fraction of sp³-hybridized carbons (Fsp3) is 0.292. The molecule has 0 spiro atoms. The molecule has 0 fully saturated rings. The number of aliphatic hydroxyl groups excluding tert-OH is 1. The topological polar surface area (TPSA) is 158 Å². The minimum Gasteiger partial charge on any atom is -0.480 e. The summed E-state index contributed by atoms with van der Waals surface area (Å²) in [7, 11) is 0. The van der Waals surface area contributed by atoms with Crippen LogP contribution in [0.2, 0.25) is 0 Å². The lowest BCUT2D eigenvalue weighted by atomic mass is 10.0. The second-order valence-corrected chi connectivity index (χ2v) is 7.99. The molecule has 0 aliphatic heterocycles. The van der Waals surface area contributed by atoms with Crippen LogP contribution in [0.4, 0.5) is 0 Å². The van der Waals surface area contributed by atoms with E-state index < -0.39 is 42.0 Å². The molecule has 3 rings (SSSR count). The van der Waals surface area contributed by atoms with Crippen LogP contribution in [0.3, 0.4) is 0 Å². The van der Waals surface area contributed by atoms with Crippen LogP contribution in [0.5, 0.6) is 0 Å². The number of nitrogens with one attached hydrogen (secondary N) is 3. The van der Waals surface area contributed by atoms with Crippen molar-refractivity contribution in [3.63, 3.8) is 0 Å². The zero-order valence-electron chi connectivity index (χ0n) is 18.2. The number of nitrogens with two attached hydrogens (primary N) is 1. The van der Waals surface area contributed by atoms with Crippen LogP contribution in [0.1, 0.15) is 18.1 Å². The molecule has 0 aliphatic rings. The molecule has 0 saturated carbocycles. The van der Waals surface area contributed by atoms with Gasteiger partial charge in [0, 0.05) is 23.5 Å². The Morgan fingerprint density at radius 2 is 1.64 bits per heavy atom. The lowest BCUT2D eigenvalue weighted by Gasteiger charge is -2.24. The van der Waals surface area contributed by atoms with Crippen LogP contribution in [-0.4, -0.2) is 57.2 Å². The lowest BCUT2D eigenvalue weighted by molar-refractivity contribution is -0.142. The van der Waals surface area contributed by atoms with E-state index in [-0.39, 0.29) is 12.8 Å². The molecule has 2 amide bonds. The van der Waals surface area contributed by atoms with Crippen molar-refractivity contribution in [2.45, 2.75) is 44.0 Å². The van der Waals surface area contributed by atoms with Crippen molar-refractivity contribution in [2.24, 2.45) is 5.73 Å². The molecule has 1 aromatic heterocycles. The largest absolute Gasteiger partial charge is 0.480 e. The number of aromatic nitrogens is 1. The average Bonchev–Trinajstić information content (AvgIpc) is 3.20. The average molecular weight is 453 g/mol. The van der Waals surface area contributed by atoms with Crippen LogP contribution in [-0.2, 0) is 27.2 Å². The predicted molar refractivity (Wildman–Crippen MR) is 123 cm³/mol. The highest BCUT2D eigenvalue weighted by atomic mass is 16.4. The molecule has 4 atom stereocenters. The number of carbonyl (C=O) groups is 3. The van der Waals surface area contributed by atoms with E-state index in [0.29, 0.717) is 0 Å². The van der Waals surface area contributed by atoms with Gasteiger partial charge in [-0.25, -0.2) is 4.79 Å². The molecule has 0 radical (unpaired) electrons. The fourth-order valence-electron chi connectivity index (χ4n) is 3.61. The van der Waals surface area contributed by atoms with E-state index in [0.717, 1.165) is 22.0 Å². The van der Waals surface area contributed by atoms with E-state index in [1.54, 1.807) is 36.5 Å². The SMILES string of the molecule is C[C@@H](O)[C@H](NC(=O)[C@@H](N)Cc1c[nH]c2ccccc12)C(=O)N[C@@H](Cc1ccccc1)C(=O)O. The molecule has 0 unspecified atom stereocenters. The minimum atomic E-state index is -1.36. The molecule has 0 aliphatic carbocycles. The van der Waals surface area contributed by atoms with Gasteiger partial charge in [0.05, 0.1) is 12.1 Å². The monoisotopic (exact) mass is 452 g/mol. The smallest absolute Gasteiger partial charge is 0.326 e. The predicted octanol–water partition coefficient (Wildman–Crippen LogP) is 0.715. The standard InChI is InChI=1S/C24H28N4O5/c1-14(29)21(23(31)27-20(24(32)33)11-15-7-3-2-4-8-15)28-22(30)18(25)12-16-13-26-19-10-6-5-9-17(16)19/h2-10,13-14,18,20-21,26,29H,11-12,25H2,1H3,(H,27,31)(H,28,30)(H,32,33)/t14-,18+,20+,21+/m1/s1. The number of aliphatic hydroxyl groups is 1. The van der Waals surface area contributed by atoms with Crippen molar-refractivity contribution in [1.82, 2.24) is 15.6 Å². The van der Waals surface area contributed by atoms with Gasteiger partial charge in [-0.15, -0.1) is 0 Å². The van der Waals surface area contributed by atoms with E-state index >= 15 is 0 Å². The van der Waals surface area contributed by atoms with Gasteiger partial charge in [-0.05, 0) is 30.5 Å². The summed E-state index contributed by atoms with van der Waals surface area (Å²) < 4.78 is 0. The first-order valence-corrected chi connectivity index (χ1v) is 10.6. The van der Waals surface area contributed by atoms with Gasteiger partial charge >= 0.3 is 5.97 Å². The van der Waals surface area contributed by atoms with Crippen molar-refractivity contribution in [1.29, 1.82) is 0 Å². The van der Waals surface area contributed by atoms with Gasteiger partial charge in [-0.2, -0.15) is 0 Å². The maximum absolute atomic E-state index is 12.7. The number of hydrogen-bond acceptors (Lipinski definition) is 5. The summed E-state index contributed by atoms with van der Waals surface area (Å²) in [5.41, 5.74) is 8.56. The first-order chi connectivity index (χ1) is 15.8. The van der Waals surface area contributed by atoms with Crippen LogP contribution < -0.4 is 16.4 Å². The molecule has 0 bridgehead atoms. The van der Waals surface area contributed by atoms with Gasteiger partial charge in [-0.1, -0.05) is 48.5 Å². The summed E-state index contributed by atoms with van der Waals surface area (Å²) in [6.07, 6.45) is 0.788. The van der Waals surface area contributed by atoms with Crippen molar-refractivity contribution in [3.05, 3.63) is 71.9 Å². The number of amides is 2. The third-order valence-electron chi connectivity index (χ3n) is 5.41. The van der Waals surface area contributed by atoms with E-state index in [1.165, 1.54) is 6.92 Å². The summed E-state index contributed by atoms with van der Waals surface area (Å²) >= 11 is 0. The molecule has 3 aromatic rings. The Morgan fingerprint density at radius 1 is 0.970 bits per heavy atom. The maximum atomic E-state index is 12.7. The van der Waals surface area contributed by atoms with Gasteiger partial charge in [0.1, 0.15) is 12.1 Å². The molecule has 7 N–H and O–H groups in total. The molecular weight excluding hydrogens is 424 g/mol. The second kappa shape index (κ2) is 10.8. The highest BCUT2D eigenvalue weighted by Gasteiger charge is 2.31. The summed E-state index contributed by atoms with van der Waals surface area (Å²) in [6, 6.07) is 12.9. The second-order valence-electron chi connectivity index (χ2n) is 7.99. The third-order valence-corrected chi connectivity index (χ3v) is 5.41. The molecule has 174 valence electrons. The number of hydrogen-bond donors (Lipinski definition) is 6.